The van der Waals surface area contributed by atoms with E-state index in [1.165, 1.54) is 0 Å². The Morgan fingerprint density at radius 2 is 2.10 bits per heavy atom. The molecule has 0 aromatic carbocycles. The van der Waals surface area contributed by atoms with Crippen molar-refractivity contribution in [3.63, 3.8) is 0 Å². The molecule has 0 radical (unpaired) electrons. The van der Waals surface area contributed by atoms with E-state index in [4.69, 9.17) is 18.9 Å². The lowest BCUT2D eigenvalue weighted by Crippen LogP contribution is -2.66. The second-order valence-corrected chi connectivity index (χ2v) is 8.91. The number of carbonyl (C=O) groups excluding carboxylic acids is 2. The maximum Gasteiger partial charge on any atom is 0.336 e. The van der Waals surface area contributed by atoms with Crippen LogP contribution in [0.2, 0.25) is 0 Å². The Morgan fingerprint density at radius 3 is 2.72 bits per heavy atom. The van der Waals surface area contributed by atoms with Crippen LogP contribution in [-0.2, 0) is 28.5 Å². The monoisotopic (exact) mass is 406 g/mol. The van der Waals surface area contributed by atoms with Gasteiger partial charge in [0.2, 0.25) is 5.79 Å². The molecule has 7 atom stereocenters. The van der Waals surface area contributed by atoms with E-state index in [9.17, 15) is 14.7 Å². The third-order valence-electron chi connectivity index (χ3n) is 7.78. The molecule has 0 aromatic rings. The minimum Gasteiger partial charge on any atom is -0.459 e. The highest BCUT2D eigenvalue weighted by Gasteiger charge is 2.81. The van der Waals surface area contributed by atoms with Gasteiger partial charge in [-0.15, -0.1) is 0 Å². The van der Waals surface area contributed by atoms with Crippen molar-refractivity contribution in [2.24, 2.45) is 11.3 Å². The van der Waals surface area contributed by atoms with Crippen LogP contribution in [0.15, 0.2) is 22.8 Å². The molecule has 29 heavy (non-hydrogen) atoms. The Morgan fingerprint density at radius 1 is 1.41 bits per heavy atom. The van der Waals surface area contributed by atoms with Gasteiger partial charge in [-0.25, -0.2) is 9.59 Å². The van der Waals surface area contributed by atoms with Crippen LogP contribution in [0.3, 0.4) is 0 Å². The average Bonchev–Trinajstić information content (AvgIpc) is 3.30. The normalized spacial score (nSPS) is 45.9. The molecule has 4 aliphatic rings. The minimum absolute atomic E-state index is 0.194. The number of carbonyl (C=O) groups is 2. The van der Waals surface area contributed by atoms with Crippen molar-refractivity contribution < 1.29 is 33.6 Å². The third kappa shape index (κ3) is 2.47. The van der Waals surface area contributed by atoms with Crippen LogP contribution in [0.1, 0.15) is 54.4 Å². The fourth-order valence-electron chi connectivity index (χ4n) is 5.70. The molecule has 2 aliphatic carbocycles. The van der Waals surface area contributed by atoms with Crippen LogP contribution >= 0.6 is 0 Å². The van der Waals surface area contributed by atoms with E-state index >= 15 is 0 Å². The zero-order valence-corrected chi connectivity index (χ0v) is 17.9. The van der Waals surface area contributed by atoms with Crippen LogP contribution in [0.4, 0.5) is 0 Å². The Balaban J connectivity index is 1.73. The van der Waals surface area contributed by atoms with Gasteiger partial charge in [0.05, 0.1) is 18.6 Å². The van der Waals surface area contributed by atoms with Crippen molar-refractivity contribution in [1.82, 2.24) is 0 Å². The van der Waals surface area contributed by atoms with E-state index in [1.807, 2.05) is 20.8 Å². The van der Waals surface area contributed by atoms with Gasteiger partial charge in [0.15, 0.2) is 0 Å². The number of esters is 2. The summed E-state index contributed by atoms with van der Waals surface area (Å²) < 4.78 is 23.6. The Kier molecular flexibility index (Phi) is 4.54. The van der Waals surface area contributed by atoms with Crippen LogP contribution < -0.4 is 0 Å². The predicted octanol–water partition coefficient (Wildman–Crippen LogP) is 2.42. The van der Waals surface area contributed by atoms with E-state index in [-0.39, 0.29) is 18.0 Å². The van der Waals surface area contributed by atoms with Gasteiger partial charge in [-0.05, 0) is 27.7 Å². The fraction of sp³-hybridized carbons (Fsp3) is 0.727. The number of hydrogen-bond acceptors (Lipinski definition) is 7. The molecule has 3 fully saturated rings. The lowest BCUT2D eigenvalue weighted by Gasteiger charge is -2.56. The summed E-state index contributed by atoms with van der Waals surface area (Å²) in [5.74, 6) is -2.30. The van der Waals surface area contributed by atoms with Gasteiger partial charge in [0.25, 0.3) is 0 Å². The predicted molar refractivity (Wildman–Crippen MR) is 103 cm³/mol. The molecule has 1 saturated heterocycles. The van der Waals surface area contributed by atoms with Crippen LogP contribution in [-0.4, -0.2) is 53.4 Å². The van der Waals surface area contributed by atoms with Crippen LogP contribution in [0, 0.1) is 11.3 Å². The molecule has 4 rings (SSSR count). The first-order valence-corrected chi connectivity index (χ1v) is 10.4. The van der Waals surface area contributed by atoms with Gasteiger partial charge in [-0.2, -0.15) is 0 Å². The number of allylic oxidation sites excluding steroid dienone is 1. The van der Waals surface area contributed by atoms with Gasteiger partial charge in [0, 0.05) is 41.1 Å². The smallest absolute Gasteiger partial charge is 0.336 e. The first kappa shape index (κ1) is 20.6. The maximum absolute atomic E-state index is 12.4. The number of ether oxygens (including phenoxy) is 4. The fourth-order valence-corrected chi connectivity index (χ4v) is 5.70. The highest BCUT2D eigenvalue weighted by molar-refractivity contribution is 5.93. The Labute approximate surface area is 171 Å². The van der Waals surface area contributed by atoms with Crippen LogP contribution in [0.5, 0.6) is 0 Å². The van der Waals surface area contributed by atoms with Gasteiger partial charge >= 0.3 is 11.9 Å². The molecule has 2 aliphatic heterocycles. The SMILES string of the molecule is C/C=C(/C)C(=O)O[C@H]1C[C@H]2O[C@]23C[C@]2(OCC)OC(=O)C(C)=C2[C@@H](O)[C@]3(C)[C@H]1C. The Bertz CT molecular complexity index is 829. The zero-order chi connectivity index (χ0) is 21.4. The first-order chi connectivity index (χ1) is 13.6. The minimum atomic E-state index is -1.28. The molecular weight excluding hydrogens is 376 g/mol. The quantitative estimate of drug-likeness (QED) is 0.435. The summed E-state index contributed by atoms with van der Waals surface area (Å²) in [6, 6.07) is 0. The first-order valence-electron chi connectivity index (χ1n) is 10.4. The van der Waals surface area contributed by atoms with Gasteiger partial charge < -0.3 is 24.1 Å². The third-order valence-corrected chi connectivity index (χ3v) is 7.78. The number of aliphatic hydroxyl groups excluding tert-OH is 1. The number of aliphatic hydroxyl groups is 1. The van der Waals surface area contributed by atoms with Crippen LogP contribution in [0.25, 0.3) is 0 Å². The van der Waals surface area contributed by atoms with Crippen molar-refractivity contribution in [3.8, 4) is 0 Å². The lowest BCUT2D eigenvalue weighted by molar-refractivity contribution is -0.246. The molecule has 1 spiro atoms. The molecule has 7 nitrogen and oxygen atoms in total. The van der Waals surface area contributed by atoms with Crippen molar-refractivity contribution in [2.75, 3.05) is 6.61 Å². The summed E-state index contributed by atoms with van der Waals surface area (Å²) in [5, 5.41) is 11.6. The standard InChI is InChI=1S/C22H30O7/c1-7-11(3)18(24)27-14-9-15-21(28-15)10-22(26-8-2)16(12(4)19(25)29-22)17(23)20(21,6)13(14)5/h7,13-15,17,23H,8-10H2,1-6H3/b11-7-/t13-,14-,15+,17+,20-,21+,22-/m0/s1. The van der Waals surface area contributed by atoms with E-state index in [0.29, 0.717) is 36.2 Å². The van der Waals surface area contributed by atoms with Crippen molar-refractivity contribution in [1.29, 1.82) is 0 Å². The molecule has 7 heteroatoms. The van der Waals surface area contributed by atoms with Crippen molar-refractivity contribution in [2.45, 2.75) is 84.1 Å². The summed E-state index contributed by atoms with van der Waals surface area (Å²) in [6.45, 7) is 11.3. The summed E-state index contributed by atoms with van der Waals surface area (Å²) in [7, 11) is 0. The molecule has 0 amide bonds. The van der Waals surface area contributed by atoms with Crippen molar-refractivity contribution in [3.05, 3.63) is 22.8 Å². The second kappa shape index (κ2) is 6.40. The van der Waals surface area contributed by atoms with Gasteiger partial charge in [-0.3, -0.25) is 0 Å². The summed E-state index contributed by atoms with van der Waals surface area (Å²) in [4.78, 5) is 24.8. The Hall–Kier alpha value is -1.70. The highest BCUT2D eigenvalue weighted by atomic mass is 16.7. The number of hydrogen-bond donors (Lipinski definition) is 1. The highest BCUT2D eigenvalue weighted by Crippen LogP contribution is 2.70. The molecule has 2 heterocycles. The summed E-state index contributed by atoms with van der Waals surface area (Å²) >= 11 is 0. The molecule has 2 saturated carbocycles. The van der Waals surface area contributed by atoms with E-state index in [1.54, 1.807) is 26.8 Å². The van der Waals surface area contributed by atoms with E-state index in [0.717, 1.165) is 0 Å². The largest absolute Gasteiger partial charge is 0.459 e. The molecule has 0 bridgehead atoms. The molecule has 1 N–H and O–H groups in total. The maximum atomic E-state index is 12.4. The topological polar surface area (TPSA) is 94.6 Å². The average molecular weight is 406 g/mol. The number of epoxide rings is 1. The zero-order valence-electron chi connectivity index (χ0n) is 17.9. The van der Waals surface area contributed by atoms with Crippen molar-refractivity contribution >= 4 is 11.9 Å². The lowest BCUT2D eigenvalue weighted by atomic mass is 9.51. The van der Waals surface area contributed by atoms with E-state index < -0.39 is 35.0 Å². The molecule has 0 aromatic heterocycles. The molecule has 0 unspecified atom stereocenters. The van der Waals surface area contributed by atoms with E-state index in [2.05, 4.69) is 0 Å². The number of rotatable bonds is 4. The molecule has 160 valence electrons. The number of fused-ring (bicyclic) bond motifs is 1. The second-order valence-electron chi connectivity index (χ2n) is 8.91. The summed E-state index contributed by atoms with van der Waals surface area (Å²) in [5.41, 5.74) is -0.0293. The molecular formula is C22H30O7. The van der Waals surface area contributed by atoms with Gasteiger partial charge in [0.1, 0.15) is 11.7 Å². The van der Waals surface area contributed by atoms with Gasteiger partial charge in [-0.1, -0.05) is 19.9 Å². The summed E-state index contributed by atoms with van der Waals surface area (Å²) in [6.07, 6.45) is 0.996.